The van der Waals surface area contributed by atoms with Gasteiger partial charge in [-0.1, -0.05) is 23.2 Å². The summed E-state index contributed by atoms with van der Waals surface area (Å²) in [6.07, 6.45) is -5.63. The Balaban J connectivity index is 1.82. The number of amides is 1. The van der Waals surface area contributed by atoms with Gasteiger partial charge >= 0.3 is 6.36 Å². The number of rotatable bonds is 6. The lowest BCUT2D eigenvalue weighted by molar-refractivity contribution is -0.276. The van der Waals surface area contributed by atoms with Crippen LogP contribution in [0, 0.1) is 17.5 Å². The van der Waals surface area contributed by atoms with Crippen molar-refractivity contribution >= 4 is 50.5 Å². The molecule has 3 rings (SSSR count). The molecule has 37 heavy (non-hydrogen) atoms. The molecule has 2 aromatic rings. The van der Waals surface area contributed by atoms with Gasteiger partial charge < -0.3 is 25.0 Å². The number of benzene rings is 2. The number of nitrogens with one attached hydrogen (secondary N) is 1. The summed E-state index contributed by atoms with van der Waals surface area (Å²) in [7, 11) is -5.17. The van der Waals surface area contributed by atoms with E-state index in [4.69, 9.17) is 28.3 Å². The highest BCUT2D eigenvalue weighted by molar-refractivity contribution is 7.89. The third-order valence-electron chi connectivity index (χ3n) is 5.13. The Kier molecular flexibility index (Phi) is 8.16. The molecule has 1 saturated heterocycles. The summed E-state index contributed by atoms with van der Waals surface area (Å²) in [6.45, 7) is -1.63. The van der Waals surface area contributed by atoms with Crippen LogP contribution in [-0.4, -0.2) is 63.4 Å². The van der Waals surface area contributed by atoms with Crippen LogP contribution in [0.3, 0.4) is 0 Å². The van der Waals surface area contributed by atoms with Gasteiger partial charge in [0.25, 0.3) is 0 Å². The number of primary sulfonamides is 1. The van der Waals surface area contributed by atoms with E-state index in [0.717, 1.165) is 11.0 Å². The van der Waals surface area contributed by atoms with Gasteiger partial charge in [-0.25, -0.2) is 22.3 Å². The summed E-state index contributed by atoms with van der Waals surface area (Å²) in [5, 5.41) is 17.6. The number of aromatic hydroxyl groups is 1. The molecule has 4 N–H and O–H groups in total. The van der Waals surface area contributed by atoms with E-state index in [-0.39, 0.29) is 41.1 Å². The molecule has 0 bridgehead atoms. The maximum atomic E-state index is 15.0. The molecule has 204 valence electrons. The van der Waals surface area contributed by atoms with Gasteiger partial charge in [-0.3, -0.25) is 4.79 Å². The van der Waals surface area contributed by atoms with Crippen molar-refractivity contribution in [2.45, 2.75) is 11.3 Å². The van der Waals surface area contributed by atoms with E-state index in [9.17, 15) is 44.7 Å². The second kappa shape index (κ2) is 10.5. The number of hydrogen-bond acceptors (Lipinski definition) is 7. The van der Waals surface area contributed by atoms with E-state index < -0.39 is 69.2 Å². The number of phenolic OH excluding ortho intramolecular Hbond substituents is 1. The van der Waals surface area contributed by atoms with Gasteiger partial charge in [-0.2, -0.15) is 4.39 Å². The zero-order valence-corrected chi connectivity index (χ0v) is 20.5. The van der Waals surface area contributed by atoms with Crippen LogP contribution in [0.4, 0.5) is 37.7 Å². The van der Waals surface area contributed by atoms with Crippen molar-refractivity contribution in [3.63, 3.8) is 0 Å². The van der Waals surface area contributed by atoms with Crippen LogP contribution in [0.25, 0.3) is 0 Å². The fourth-order valence-electron chi connectivity index (χ4n) is 3.49. The molecule has 0 radical (unpaired) electrons. The normalized spacial score (nSPS) is 14.6. The third-order valence-corrected chi connectivity index (χ3v) is 6.80. The number of carbonyl (C=O) groups is 1. The zero-order chi connectivity index (χ0) is 27.9. The first kappa shape index (κ1) is 28.7. The minimum atomic E-state index is -5.63. The van der Waals surface area contributed by atoms with E-state index >= 15 is 0 Å². The summed E-state index contributed by atoms with van der Waals surface area (Å²) in [5.74, 6) is -10.1. The highest BCUT2D eigenvalue weighted by Crippen LogP contribution is 2.41. The van der Waals surface area contributed by atoms with Crippen LogP contribution in [0.5, 0.6) is 11.5 Å². The molecular formula is C19H16Cl2F6N4O5S. The quantitative estimate of drug-likeness (QED) is 0.265. The highest BCUT2D eigenvalue weighted by Gasteiger charge is 2.40. The predicted octanol–water partition coefficient (Wildman–Crippen LogP) is 3.42. The monoisotopic (exact) mass is 596 g/mol. The number of anilines is 2. The molecule has 0 unspecified atom stereocenters. The number of nitrogens with zero attached hydrogens (tertiary/aromatic N) is 2. The number of nitrogens with two attached hydrogens (primary N) is 1. The lowest BCUT2D eigenvalue weighted by Crippen LogP contribution is -2.50. The minimum Gasteiger partial charge on any atom is -0.506 e. The molecule has 2 aromatic carbocycles. The summed E-state index contributed by atoms with van der Waals surface area (Å²) >= 11 is 11.6. The second-order valence-corrected chi connectivity index (χ2v) is 9.86. The number of carbonyl (C=O) groups excluding carboxylic acids is 1. The molecule has 1 aliphatic heterocycles. The van der Waals surface area contributed by atoms with Crippen molar-refractivity contribution in [2.24, 2.45) is 5.14 Å². The first-order valence-corrected chi connectivity index (χ1v) is 12.2. The molecule has 1 fully saturated rings. The Morgan fingerprint density at radius 1 is 1.05 bits per heavy atom. The van der Waals surface area contributed by atoms with Crippen molar-refractivity contribution in [1.82, 2.24) is 4.90 Å². The van der Waals surface area contributed by atoms with Crippen LogP contribution in [0.15, 0.2) is 17.0 Å². The second-order valence-electron chi connectivity index (χ2n) is 7.55. The van der Waals surface area contributed by atoms with Gasteiger partial charge in [0.2, 0.25) is 27.5 Å². The van der Waals surface area contributed by atoms with Crippen LogP contribution >= 0.6 is 23.2 Å². The van der Waals surface area contributed by atoms with Crippen LogP contribution < -0.4 is 20.1 Å². The van der Waals surface area contributed by atoms with E-state index in [1.807, 2.05) is 0 Å². The average molecular weight is 597 g/mol. The van der Waals surface area contributed by atoms with Crippen LogP contribution in [0.1, 0.15) is 0 Å². The Bertz CT molecular complexity index is 1340. The Hall–Kier alpha value is -2.82. The van der Waals surface area contributed by atoms with Gasteiger partial charge in [0, 0.05) is 32.2 Å². The van der Waals surface area contributed by atoms with Gasteiger partial charge in [-0.15, -0.1) is 13.2 Å². The first-order chi connectivity index (χ1) is 17.0. The maximum absolute atomic E-state index is 15.0. The summed E-state index contributed by atoms with van der Waals surface area (Å²) < 4.78 is 108. The lowest BCUT2D eigenvalue weighted by Gasteiger charge is -2.37. The molecule has 0 spiro atoms. The molecule has 18 heteroatoms. The van der Waals surface area contributed by atoms with Crippen molar-refractivity contribution in [2.75, 3.05) is 42.9 Å². The first-order valence-electron chi connectivity index (χ1n) is 9.94. The Labute approximate surface area is 215 Å². The number of hydrogen-bond donors (Lipinski definition) is 3. The van der Waals surface area contributed by atoms with Crippen molar-refractivity contribution in [1.29, 1.82) is 0 Å². The largest absolute Gasteiger partial charge is 0.573 e. The third kappa shape index (κ3) is 6.37. The summed E-state index contributed by atoms with van der Waals surface area (Å²) in [5.41, 5.74) is -1.19. The Morgan fingerprint density at radius 3 is 2.16 bits per heavy atom. The fraction of sp³-hybridized carbons (Fsp3) is 0.316. The lowest BCUT2D eigenvalue weighted by atomic mass is 10.2. The number of phenols is 1. The molecule has 9 nitrogen and oxygen atoms in total. The van der Waals surface area contributed by atoms with E-state index in [1.54, 1.807) is 0 Å². The van der Waals surface area contributed by atoms with E-state index in [2.05, 4.69) is 10.1 Å². The molecule has 0 atom stereocenters. The van der Waals surface area contributed by atoms with Gasteiger partial charge in [0.1, 0.15) is 16.3 Å². The molecule has 0 aliphatic carbocycles. The van der Waals surface area contributed by atoms with Crippen molar-refractivity contribution in [3.8, 4) is 11.5 Å². The predicted molar refractivity (Wildman–Crippen MR) is 120 cm³/mol. The van der Waals surface area contributed by atoms with Gasteiger partial charge in [0.05, 0.1) is 22.3 Å². The highest BCUT2D eigenvalue weighted by atomic mass is 35.5. The summed E-state index contributed by atoms with van der Waals surface area (Å²) in [6, 6.07) is 2.41. The number of alkyl halides is 3. The standard InChI is InChI=1S/C19H16Cl2F6N4O5S/c20-8-5-10(11(32)6-9(8)21)29-7-12(33)30-1-3-31(4-2-30)16-15(24)17(36-19(25,26)27)13(22)14(23)18(16)37(28,34)35/h5-6,29,32H,1-4,7H2,(H2,28,34,35). The molecule has 1 amide bonds. The molecular weight excluding hydrogens is 581 g/mol. The topological polar surface area (TPSA) is 125 Å². The number of halogens is 8. The minimum absolute atomic E-state index is 0.0688. The SMILES string of the molecule is NS(=O)(=O)c1c(F)c(F)c(OC(F)(F)F)c(F)c1N1CCN(C(=O)CNc2cc(Cl)c(Cl)cc2O)CC1. The molecule has 0 saturated carbocycles. The van der Waals surface area contributed by atoms with E-state index in [0.29, 0.717) is 0 Å². The van der Waals surface area contributed by atoms with Gasteiger partial charge in [-0.05, 0) is 6.07 Å². The fourth-order valence-corrected chi connectivity index (χ4v) is 4.64. The van der Waals surface area contributed by atoms with Crippen LogP contribution in [0.2, 0.25) is 10.0 Å². The molecule has 1 aliphatic rings. The van der Waals surface area contributed by atoms with Crippen molar-refractivity contribution < 1.29 is 49.4 Å². The van der Waals surface area contributed by atoms with Crippen molar-refractivity contribution in [3.05, 3.63) is 39.6 Å². The van der Waals surface area contributed by atoms with E-state index in [1.165, 1.54) is 11.0 Å². The smallest absolute Gasteiger partial charge is 0.506 e. The number of piperazine rings is 1. The molecule has 0 aromatic heterocycles. The van der Waals surface area contributed by atoms with Gasteiger partial charge in [0.15, 0.2) is 11.6 Å². The number of sulfonamides is 1. The average Bonchev–Trinajstić information content (AvgIpc) is 2.79. The Morgan fingerprint density at radius 2 is 1.62 bits per heavy atom. The van der Waals surface area contributed by atoms with Crippen LogP contribution in [-0.2, 0) is 14.8 Å². The molecule has 1 heterocycles. The zero-order valence-electron chi connectivity index (χ0n) is 18.2. The summed E-state index contributed by atoms with van der Waals surface area (Å²) in [4.78, 5) is 12.8. The maximum Gasteiger partial charge on any atom is 0.573 e. The number of ether oxygens (including phenoxy) is 1.